The van der Waals surface area contributed by atoms with Gasteiger partial charge in [0.15, 0.2) is 6.10 Å². The summed E-state index contributed by atoms with van der Waals surface area (Å²) in [5, 5.41) is 10.1. The number of aromatic nitrogens is 1. The van der Waals surface area contributed by atoms with Crippen LogP contribution in [0.2, 0.25) is 0 Å². The number of benzene rings is 1. The molecule has 2 aromatic rings. The van der Waals surface area contributed by atoms with E-state index in [1.54, 1.807) is 29.3 Å². The van der Waals surface area contributed by atoms with E-state index < -0.39 is 18.2 Å². The molecule has 0 radical (unpaired) electrons. The number of pyridine rings is 1. The molecule has 1 aromatic carbocycles. The van der Waals surface area contributed by atoms with Crippen LogP contribution in [0, 0.1) is 5.92 Å². The Balaban J connectivity index is 1.73. The van der Waals surface area contributed by atoms with E-state index in [4.69, 9.17) is 0 Å². The predicted octanol–water partition coefficient (Wildman–Crippen LogP) is 3.01. The Morgan fingerprint density at radius 3 is 2.54 bits per heavy atom. The van der Waals surface area contributed by atoms with Crippen molar-refractivity contribution < 1.29 is 23.1 Å². The van der Waals surface area contributed by atoms with E-state index in [9.17, 15) is 23.1 Å². The van der Waals surface area contributed by atoms with Crippen LogP contribution < -0.4 is 0 Å². The maximum atomic E-state index is 12.7. The molecular formula is C17H17F3N2O2. The van der Waals surface area contributed by atoms with Gasteiger partial charge in [0, 0.05) is 24.7 Å². The van der Waals surface area contributed by atoms with Gasteiger partial charge in [-0.25, -0.2) is 0 Å². The number of halogens is 3. The number of alkyl halides is 3. The average Bonchev–Trinajstić information content (AvgIpc) is 2.59. The molecule has 0 bridgehead atoms. The van der Waals surface area contributed by atoms with Crippen LogP contribution in [0.3, 0.4) is 0 Å². The quantitative estimate of drug-likeness (QED) is 0.916. The molecule has 1 amide bonds. The molecular weight excluding hydrogens is 321 g/mol. The standard InChI is InChI=1S/C17H17F3N2O2/c18-17(19,20)15(23)11-6-9-22(10-7-11)16(24)13-5-8-21-14-4-2-1-3-12(13)14/h1-5,8,11,15,23H,6-7,9-10H2. The molecule has 1 aliphatic heterocycles. The largest absolute Gasteiger partial charge is 0.414 e. The Morgan fingerprint density at radius 2 is 1.88 bits per heavy atom. The molecule has 0 aliphatic carbocycles. The van der Waals surface area contributed by atoms with Crippen molar-refractivity contribution in [3.8, 4) is 0 Å². The zero-order chi connectivity index (χ0) is 17.3. The summed E-state index contributed by atoms with van der Waals surface area (Å²) < 4.78 is 37.8. The van der Waals surface area contributed by atoms with Crippen molar-refractivity contribution in [3.63, 3.8) is 0 Å². The number of fused-ring (bicyclic) bond motifs is 1. The number of piperidine rings is 1. The number of likely N-dealkylation sites (tertiary alicyclic amines) is 1. The number of carbonyl (C=O) groups is 1. The molecule has 2 heterocycles. The lowest BCUT2D eigenvalue weighted by Gasteiger charge is -2.34. The first-order valence-electron chi connectivity index (χ1n) is 7.76. The SMILES string of the molecule is O=C(c1ccnc2ccccc12)N1CCC(C(O)C(F)(F)F)CC1. The minimum atomic E-state index is -4.61. The Labute approximate surface area is 136 Å². The summed E-state index contributed by atoms with van der Waals surface area (Å²) in [7, 11) is 0. The summed E-state index contributed by atoms with van der Waals surface area (Å²) in [6.45, 7) is 0.403. The molecule has 0 spiro atoms. The molecule has 0 saturated carbocycles. The molecule has 1 fully saturated rings. The zero-order valence-corrected chi connectivity index (χ0v) is 12.8. The van der Waals surface area contributed by atoms with Crippen molar-refractivity contribution >= 4 is 16.8 Å². The maximum Gasteiger partial charge on any atom is 0.414 e. The summed E-state index contributed by atoms with van der Waals surface area (Å²) >= 11 is 0. The van der Waals surface area contributed by atoms with Crippen LogP contribution in [0.1, 0.15) is 23.2 Å². The molecule has 128 valence electrons. The molecule has 4 nitrogen and oxygen atoms in total. The monoisotopic (exact) mass is 338 g/mol. The highest BCUT2D eigenvalue weighted by molar-refractivity contribution is 6.05. The van der Waals surface area contributed by atoms with Crippen LogP contribution >= 0.6 is 0 Å². The highest BCUT2D eigenvalue weighted by Crippen LogP contribution is 2.32. The van der Waals surface area contributed by atoms with Crippen molar-refractivity contribution in [2.24, 2.45) is 5.92 Å². The number of nitrogens with zero attached hydrogens (tertiary/aromatic N) is 2. The van der Waals surface area contributed by atoms with Crippen LogP contribution in [0.4, 0.5) is 13.2 Å². The Morgan fingerprint density at radius 1 is 1.21 bits per heavy atom. The van der Waals surface area contributed by atoms with E-state index in [-0.39, 0.29) is 31.8 Å². The second-order valence-electron chi connectivity index (χ2n) is 5.99. The van der Waals surface area contributed by atoms with Crippen molar-refractivity contribution in [1.82, 2.24) is 9.88 Å². The molecule has 1 atom stereocenters. The maximum absolute atomic E-state index is 12.7. The average molecular weight is 338 g/mol. The van der Waals surface area contributed by atoms with Gasteiger partial charge < -0.3 is 10.0 Å². The van der Waals surface area contributed by atoms with Crippen molar-refractivity contribution in [2.45, 2.75) is 25.1 Å². The van der Waals surface area contributed by atoms with Gasteiger partial charge in [-0.1, -0.05) is 18.2 Å². The summed E-state index contributed by atoms with van der Waals surface area (Å²) in [4.78, 5) is 18.4. The van der Waals surface area contributed by atoms with Gasteiger partial charge in [0.1, 0.15) is 0 Å². The summed E-state index contributed by atoms with van der Waals surface area (Å²) in [5.74, 6) is -1.07. The number of aliphatic hydroxyl groups excluding tert-OH is 1. The highest BCUT2D eigenvalue weighted by Gasteiger charge is 2.44. The summed E-state index contributed by atoms with van der Waals surface area (Å²) in [6.07, 6.45) is -5.12. The normalized spacial score (nSPS) is 17.9. The fourth-order valence-corrected chi connectivity index (χ4v) is 3.14. The Bertz CT molecular complexity index is 735. The van der Waals surface area contributed by atoms with Gasteiger partial charge in [-0.2, -0.15) is 13.2 Å². The molecule has 1 saturated heterocycles. The molecule has 1 aliphatic rings. The van der Waals surface area contributed by atoms with Gasteiger partial charge in [0.05, 0.1) is 11.1 Å². The van der Waals surface area contributed by atoms with Gasteiger partial charge in [-0.3, -0.25) is 9.78 Å². The number of amides is 1. The van der Waals surface area contributed by atoms with Crippen molar-refractivity contribution in [1.29, 1.82) is 0 Å². The van der Waals surface area contributed by atoms with Crippen LogP contribution in [0.15, 0.2) is 36.5 Å². The van der Waals surface area contributed by atoms with Gasteiger partial charge >= 0.3 is 6.18 Å². The first-order valence-corrected chi connectivity index (χ1v) is 7.76. The highest BCUT2D eigenvalue weighted by atomic mass is 19.4. The fraction of sp³-hybridized carbons (Fsp3) is 0.412. The number of hydrogen-bond acceptors (Lipinski definition) is 3. The zero-order valence-electron chi connectivity index (χ0n) is 12.8. The molecule has 1 unspecified atom stereocenters. The van der Waals surface area contributed by atoms with E-state index >= 15 is 0 Å². The van der Waals surface area contributed by atoms with Crippen LogP contribution in [-0.2, 0) is 0 Å². The van der Waals surface area contributed by atoms with E-state index in [0.717, 1.165) is 5.39 Å². The van der Waals surface area contributed by atoms with Crippen LogP contribution in [-0.4, -0.2) is 46.3 Å². The minimum absolute atomic E-state index is 0.134. The molecule has 3 rings (SSSR count). The number of rotatable bonds is 2. The molecule has 24 heavy (non-hydrogen) atoms. The first-order chi connectivity index (χ1) is 11.4. The van der Waals surface area contributed by atoms with E-state index in [0.29, 0.717) is 11.1 Å². The smallest absolute Gasteiger partial charge is 0.383 e. The molecule has 7 heteroatoms. The van der Waals surface area contributed by atoms with Crippen LogP contribution in [0.5, 0.6) is 0 Å². The number of para-hydroxylation sites is 1. The van der Waals surface area contributed by atoms with Gasteiger partial charge in [-0.05, 0) is 30.9 Å². The van der Waals surface area contributed by atoms with E-state index in [2.05, 4.69) is 4.98 Å². The number of carbonyl (C=O) groups excluding carboxylic acids is 1. The third kappa shape index (κ3) is 3.21. The minimum Gasteiger partial charge on any atom is -0.383 e. The molecule has 1 N–H and O–H groups in total. The number of hydrogen-bond donors (Lipinski definition) is 1. The van der Waals surface area contributed by atoms with Crippen molar-refractivity contribution in [3.05, 3.63) is 42.1 Å². The Hall–Kier alpha value is -2.15. The number of aliphatic hydroxyl groups is 1. The van der Waals surface area contributed by atoms with Gasteiger partial charge in [0.2, 0.25) is 0 Å². The van der Waals surface area contributed by atoms with E-state index in [1.165, 1.54) is 0 Å². The third-order valence-corrected chi connectivity index (χ3v) is 4.49. The topological polar surface area (TPSA) is 53.4 Å². The van der Waals surface area contributed by atoms with Gasteiger partial charge in [-0.15, -0.1) is 0 Å². The lowest BCUT2D eigenvalue weighted by atomic mass is 9.90. The first kappa shape index (κ1) is 16.7. The third-order valence-electron chi connectivity index (χ3n) is 4.49. The fourth-order valence-electron chi connectivity index (χ4n) is 3.14. The molecule has 1 aromatic heterocycles. The lowest BCUT2D eigenvalue weighted by molar-refractivity contribution is -0.222. The second-order valence-corrected chi connectivity index (χ2v) is 5.99. The van der Waals surface area contributed by atoms with Crippen LogP contribution in [0.25, 0.3) is 10.9 Å². The Kier molecular flexibility index (Phi) is 4.45. The van der Waals surface area contributed by atoms with Gasteiger partial charge in [0.25, 0.3) is 5.91 Å². The van der Waals surface area contributed by atoms with Crippen molar-refractivity contribution in [2.75, 3.05) is 13.1 Å². The second kappa shape index (κ2) is 6.39. The predicted molar refractivity (Wildman–Crippen MR) is 82.4 cm³/mol. The summed E-state index contributed by atoms with van der Waals surface area (Å²) in [6, 6.07) is 8.87. The summed E-state index contributed by atoms with van der Waals surface area (Å²) in [5.41, 5.74) is 1.20. The lowest BCUT2D eigenvalue weighted by Crippen LogP contribution is -2.45. The van der Waals surface area contributed by atoms with E-state index in [1.807, 2.05) is 12.1 Å².